The van der Waals surface area contributed by atoms with Crippen molar-refractivity contribution in [1.82, 2.24) is 10.3 Å². The van der Waals surface area contributed by atoms with Gasteiger partial charge in [0.25, 0.3) is 0 Å². The van der Waals surface area contributed by atoms with Gasteiger partial charge in [-0.15, -0.1) is 0 Å². The molecule has 0 aliphatic carbocycles. The van der Waals surface area contributed by atoms with Crippen LogP contribution in [-0.4, -0.2) is 11.5 Å². The summed E-state index contributed by atoms with van der Waals surface area (Å²) in [7, 11) is 0. The number of benzene rings is 1. The van der Waals surface area contributed by atoms with E-state index in [4.69, 9.17) is 4.74 Å². The number of hydrogen-bond donors (Lipinski definition) is 1. The average molecular weight is 288 g/mol. The van der Waals surface area contributed by atoms with Crippen molar-refractivity contribution in [3.8, 4) is 11.6 Å². The highest BCUT2D eigenvalue weighted by Crippen LogP contribution is 2.27. The molecule has 0 aliphatic heterocycles. The number of hydrogen-bond acceptors (Lipinski definition) is 3. The number of aryl methyl sites for hydroxylation is 2. The number of nitrogens with one attached hydrogen (secondary N) is 1. The summed E-state index contributed by atoms with van der Waals surface area (Å²) < 4.78 is 19.2. The average Bonchev–Trinajstić information content (AvgIpc) is 2.44. The lowest BCUT2D eigenvalue weighted by Crippen LogP contribution is -2.15. The SMILES string of the molecule is CCCNCc1cc(F)cnc1Oc1ccc(C)cc1C. The second-order valence-electron chi connectivity index (χ2n) is 5.17. The number of pyridine rings is 1. The molecule has 21 heavy (non-hydrogen) atoms. The Labute approximate surface area is 125 Å². The molecule has 0 atom stereocenters. The molecular formula is C17H21FN2O. The zero-order chi connectivity index (χ0) is 15.2. The minimum atomic E-state index is -0.351. The largest absolute Gasteiger partial charge is 0.438 e. The molecule has 2 aromatic rings. The second kappa shape index (κ2) is 7.18. The Morgan fingerprint density at radius 3 is 2.76 bits per heavy atom. The number of aromatic nitrogens is 1. The Kier molecular flexibility index (Phi) is 5.28. The maximum atomic E-state index is 13.4. The minimum absolute atomic E-state index is 0.351. The highest BCUT2D eigenvalue weighted by molar-refractivity contribution is 5.39. The first-order valence-corrected chi connectivity index (χ1v) is 7.20. The van der Waals surface area contributed by atoms with Crippen molar-refractivity contribution in [1.29, 1.82) is 0 Å². The fourth-order valence-corrected chi connectivity index (χ4v) is 2.11. The van der Waals surface area contributed by atoms with E-state index in [0.29, 0.717) is 12.4 Å². The van der Waals surface area contributed by atoms with Gasteiger partial charge >= 0.3 is 0 Å². The number of rotatable bonds is 6. The summed E-state index contributed by atoms with van der Waals surface area (Å²) in [6.07, 6.45) is 2.21. The Bertz CT molecular complexity index is 614. The molecule has 3 nitrogen and oxygen atoms in total. The monoisotopic (exact) mass is 288 g/mol. The zero-order valence-corrected chi connectivity index (χ0v) is 12.7. The summed E-state index contributed by atoms with van der Waals surface area (Å²) in [5.74, 6) is 0.847. The number of nitrogens with zero attached hydrogens (tertiary/aromatic N) is 1. The van der Waals surface area contributed by atoms with Crippen LogP contribution in [-0.2, 0) is 6.54 Å². The van der Waals surface area contributed by atoms with Crippen LogP contribution in [0.25, 0.3) is 0 Å². The first kappa shape index (κ1) is 15.4. The van der Waals surface area contributed by atoms with Gasteiger partial charge < -0.3 is 10.1 Å². The fraction of sp³-hybridized carbons (Fsp3) is 0.353. The van der Waals surface area contributed by atoms with Crippen LogP contribution in [0, 0.1) is 19.7 Å². The summed E-state index contributed by atoms with van der Waals surface area (Å²) >= 11 is 0. The van der Waals surface area contributed by atoms with Crippen molar-refractivity contribution >= 4 is 0 Å². The molecule has 0 amide bonds. The van der Waals surface area contributed by atoms with Crippen LogP contribution in [0.1, 0.15) is 30.0 Å². The van der Waals surface area contributed by atoms with E-state index in [1.807, 2.05) is 32.0 Å². The lowest BCUT2D eigenvalue weighted by Gasteiger charge is -2.12. The molecule has 0 fully saturated rings. The molecule has 0 saturated carbocycles. The van der Waals surface area contributed by atoms with Crippen molar-refractivity contribution in [3.05, 3.63) is 53.0 Å². The van der Waals surface area contributed by atoms with E-state index in [1.54, 1.807) is 0 Å². The van der Waals surface area contributed by atoms with Crippen molar-refractivity contribution in [2.45, 2.75) is 33.7 Å². The Morgan fingerprint density at radius 2 is 2.05 bits per heavy atom. The van der Waals surface area contributed by atoms with Crippen LogP contribution in [0.2, 0.25) is 0 Å². The van der Waals surface area contributed by atoms with Gasteiger partial charge in [0.2, 0.25) is 5.88 Å². The van der Waals surface area contributed by atoms with Crippen LogP contribution in [0.5, 0.6) is 11.6 Å². The first-order valence-electron chi connectivity index (χ1n) is 7.20. The Hall–Kier alpha value is -1.94. The van der Waals surface area contributed by atoms with E-state index in [9.17, 15) is 4.39 Å². The van der Waals surface area contributed by atoms with Crippen LogP contribution in [0.15, 0.2) is 30.5 Å². The van der Waals surface area contributed by atoms with E-state index in [0.717, 1.165) is 29.8 Å². The quantitative estimate of drug-likeness (QED) is 0.812. The number of ether oxygens (including phenoxy) is 1. The summed E-state index contributed by atoms with van der Waals surface area (Å²) in [5, 5.41) is 3.24. The zero-order valence-electron chi connectivity index (χ0n) is 12.7. The second-order valence-corrected chi connectivity index (χ2v) is 5.17. The molecule has 1 N–H and O–H groups in total. The van der Waals surface area contributed by atoms with Crippen LogP contribution in [0.3, 0.4) is 0 Å². The molecule has 0 spiro atoms. The third-order valence-corrected chi connectivity index (χ3v) is 3.17. The molecule has 1 aromatic carbocycles. The summed E-state index contributed by atoms with van der Waals surface area (Å²) in [5.41, 5.74) is 2.94. The van der Waals surface area contributed by atoms with E-state index in [-0.39, 0.29) is 5.82 Å². The predicted octanol–water partition coefficient (Wildman–Crippen LogP) is 4.13. The molecule has 2 rings (SSSR count). The van der Waals surface area contributed by atoms with Crippen LogP contribution in [0.4, 0.5) is 4.39 Å². The molecule has 0 unspecified atom stereocenters. The van der Waals surface area contributed by atoms with Crippen molar-refractivity contribution in [2.24, 2.45) is 0 Å². The van der Waals surface area contributed by atoms with Gasteiger partial charge in [-0.2, -0.15) is 0 Å². The van der Waals surface area contributed by atoms with Crippen molar-refractivity contribution in [3.63, 3.8) is 0 Å². The third kappa shape index (κ3) is 4.26. The Morgan fingerprint density at radius 1 is 1.24 bits per heavy atom. The van der Waals surface area contributed by atoms with Gasteiger partial charge in [0.05, 0.1) is 6.20 Å². The minimum Gasteiger partial charge on any atom is -0.438 e. The molecule has 0 aliphatic rings. The predicted molar refractivity (Wildman–Crippen MR) is 82.2 cm³/mol. The molecule has 0 bridgehead atoms. The summed E-state index contributed by atoms with van der Waals surface area (Å²) in [6.45, 7) is 7.52. The van der Waals surface area contributed by atoms with Crippen molar-refractivity contribution < 1.29 is 9.13 Å². The third-order valence-electron chi connectivity index (χ3n) is 3.17. The maximum Gasteiger partial charge on any atom is 0.223 e. The standard InChI is InChI=1S/C17H21FN2O/c1-4-7-19-10-14-9-15(18)11-20-17(14)21-16-6-5-12(2)8-13(16)3/h5-6,8-9,11,19H,4,7,10H2,1-3H3. The van der Waals surface area contributed by atoms with E-state index in [2.05, 4.69) is 17.2 Å². The molecule has 112 valence electrons. The molecule has 0 radical (unpaired) electrons. The molecule has 1 heterocycles. The van der Waals surface area contributed by atoms with Crippen LogP contribution < -0.4 is 10.1 Å². The fourth-order valence-electron chi connectivity index (χ4n) is 2.11. The van der Waals surface area contributed by atoms with Gasteiger partial charge in [0, 0.05) is 12.1 Å². The highest BCUT2D eigenvalue weighted by Gasteiger charge is 2.10. The van der Waals surface area contributed by atoms with Crippen LogP contribution >= 0.6 is 0 Å². The van der Waals surface area contributed by atoms with Gasteiger partial charge in [0.15, 0.2) is 0 Å². The summed E-state index contributed by atoms with van der Waals surface area (Å²) in [6, 6.07) is 7.42. The van der Waals surface area contributed by atoms with Gasteiger partial charge in [0.1, 0.15) is 11.6 Å². The normalized spacial score (nSPS) is 10.7. The van der Waals surface area contributed by atoms with Crippen molar-refractivity contribution in [2.75, 3.05) is 6.54 Å². The van der Waals surface area contributed by atoms with E-state index >= 15 is 0 Å². The smallest absolute Gasteiger partial charge is 0.223 e. The van der Waals surface area contributed by atoms with E-state index in [1.165, 1.54) is 17.8 Å². The lowest BCUT2D eigenvalue weighted by atomic mass is 10.1. The van der Waals surface area contributed by atoms with Gasteiger partial charge in [-0.1, -0.05) is 24.6 Å². The maximum absolute atomic E-state index is 13.4. The highest BCUT2D eigenvalue weighted by atomic mass is 19.1. The lowest BCUT2D eigenvalue weighted by molar-refractivity contribution is 0.445. The van der Waals surface area contributed by atoms with E-state index < -0.39 is 0 Å². The topological polar surface area (TPSA) is 34.2 Å². The molecule has 0 saturated heterocycles. The van der Waals surface area contributed by atoms with Gasteiger partial charge in [-0.25, -0.2) is 9.37 Å². The number of halogens is 1. The molecular weight excluding hydrogens is 267 g/mol. The van der Waals surface area contributed by atoms with Gasteiger partial charge in [-0.05, 0) is 44.5 Å². The summed E-state index contributed by atoms with van der Waals surface area (Å²) in [4.78, 5) is 4.08. The first-order chi connectivity index (χ1) is 10.1. The molecule has 4 heteroatoms. The Balaban J connectivity index is 2.22. The van der Waals surface area contributed by atoms with Gasteiger partial charge in [-0.3, -0.25) is 0 Å². The molecule has 1 aromatic heterocycles.